The molecular formula is C8H15N3OS. The lowest BCUT2D eigenvalue weighted by Gasteiger charge is -2.02. The quantitative estimate of drug-likeness (QED) is 0.703. The van der Waals surface area contributed by atoms with Crippen molar-refractivity contribution in [1.29, 1.82) is 0 Å². The number of aromatic nitrogens is 2. The molecule has 0 saturated carbocycles. The van der Waals surface area contributed by atoms with Crippen LogP contribution in [0.2, 0.25) is 0 Å². The van der Waals surface area contributed by atoms with Gasteiger partial charge in [0.2, 0.25) is 0 Å². The number of ether oxygens (including phenoxy) is 1. The highest BCUT2D eigenvalue weighted by molar-refractivity contribution is 7.12. The van der Waals surface area contributed by atoms with Crippen molar-refractivity contribution in [3.05, 3.63) is 5.01 Å². The molecule has 0 fully saturated rings. The first-order valence-corrected chi connectivity index (χ1v) is 5.28. The molecule has 0 aliphatic heterocycles. The third kappa shape index (κ3) is 4.19. The van der Waals surface area contributed by atoms with Gasteiger partial charge in [-0.1, -0.05) is 18.3 Å². The van der Waals surface area contributed by atoms with Crippen LogP contribution in [0, 0.1) is 6.92 Å². The van der Waals surface area contributed by atoms with Crippen molar-refractivity contribution in [2.45, 2.75) is 20.3 Å². The number of nitrogens with one attached hydrogen (secondary N) is 1. The Hall–Kier alpha value is -0.680. The largest absolute Gasteiger partial charge is 0.468 e. The zero-order valence-electron chi connectivity index (χ0n) is 8.04. The van der Waals surface area contributed by atoms with Crippen LogP contribution in [-0.4, -0.2) is 29.9 Å². The van der Waals surface area contributed by atoms with Gasteiger partial charge in [0.15, 0.2) is 0 Å². The Morgan fingerprint density at radius 3 is 2.85 bits per heavy atom. The van der Waals surface area contributed by atoms with E-state index in [2.05, 4.69) is 22.4 Å². The molecule has 0 atom stereocenters. The Balaban J connectivity index is 2.06. The molecule has 5 heteroatoms. The van der Waals surface area contributed by atoms with E-state index in [0.29, 0.717) is 11.8 Å². The summed E-state index contributed by atoms with van der Waals surface area (Å²) in [6.07, 6.45) is 1.15. The zero-order valence-corrected chi connectivity index (χ0v) is 8.86. The smallest absolute Gasteiger partial charge is 0.294 e. The molecule has 13 heavy (non-hydrogen) atoms. The second kappa shape index (κ2) is 5.88. The molecule has 0 bridgehead atoms. The van der Waals surface area contributed by atoms with E-state index < -0.39 is 0 Å². The minimum atomic E-state index is 0.661. The standard InChI is InChI=1S/C8H15N3OS/c1-3-4-9-5-6-12-8-11-10-7(2)13-8/h9H,3-6H2,1-2H3. The van der Waals surface area contributed by atoms with Gasteiger partial charge >= 0.3 is 0 Å². The minimum absolute atomic E-state index is 0.661. The molecule has 0 radical (unpaired) electrons. The highest BCUT2D eigenvalue weighted by atomic mass is 32.1. The van der Waals surface area contributed by atoms with Crippen LogP contribution in [0.4, 0.5) is 0 Å². The Bertz CT molecular complexity index is 239. The van der Waals surface area contributed by atoms with Crippen molar-refractivity contribution in [1.82, 2.24) is 15.5 Å². The van der Waals surface area contributed by atoms with E-state index in [4.69, 9.17) is 4.74 Å². The van der Waals surface area contributed by atoms with Crippen molar-refractivity contribution in [3.63, 3.8) is 0 Å². The topological polar surface area (TPSA) is 47.0 Å². The second-order valence-corrected chi connectivity index (χ2v) is 3.83. The molecular weight excluding hydrogens is 186 g/mol. The first kappa shape index (κ1) is 10.4. The minimum Gasteiger partial charge on any atom is -0.468 e. The fourth-order valence-corrected chi connectivity index (χ4v) is 1.41. The lowest BCUT2D eigenvalue weighted by atomic mass is 10.5. The molecule has 0 aliphatic rings. The van der Waals surface area contributed by atoms with Crippen LogP contribution in [0.1, 0.15) is 18.4 Å². The number of nitrogens with zero attached hydrogens (tertiary/aromatic N) is 2. The average molecular weight is 201 g/mol. The molecule has 1 rings (SSSR count). The maximum Gasteiger partial charge on any atom is 0.294 e. The Morgan fingerprint density at radius 2 is 2.23 bits per heavy atom. The van der Waals surface area contributed by atoms with Crippen molar-refractivity contribution >= 4 is 11.3 Å². The van der Waals surface area contributed by atoms with E-state index in [1.54, 1.807) is 0 Å². The van der Waals surface area contributed by atoms with E-state index >= 15 is 0 Å². The predicted octanol–water partition coefficient (Wildman–Crippen LogP) is 1.22. The number of aryl methyl sites for hydroxylation is 1. The van der Waals surface area contributed by atoms with Crippen LogP contribution in [-0.2, 0) is 0 Å². The monoisotopic (exact) mass is 201 g/mol. The van der Waals surface area contributed by atoms with E-state index in [0.717, 1.165) is 24.5 Å². The summed E-state index contributed by atoms with van der Waals surface area (Å²) in [5, 5.41) is 12.6. The first-order chi connectivity index (χ1) is 6.33. The van der Waals surface area contributed by atoms with Gasteiger partial charge in [0.1, 0.15) is 11.6 Å². The zero-order chi connectivity index (χ0) is 9.52. The van der Waals surface area contributed by atoms with Gasteiger partial charge in [-0.2, -0.15) is 0 Å². The van der Waals surface area contributed by atoms with Crippen LogP contribution in [0.5, 0.6) is 5.19 Å². The van der Waals surface area contributed by atoms with Crippen LogP contribution in [0.25, 0.3) is 0 Å². The van der Waals surface area contributed by atoms with Gasteiger partial charge in [0.05, 0.1) is 0 Å². The van der Waals surface area contributed by atoms with Crippen molar-refractivity contribution in [2.24, 2.45) is 0 Å². The van der Waals surface area contributed by atoms with E-state index in [1.807, 2.05) is 6.92 Å². The van der Waals surface area contributed by atoms with E-state index in [9.17, 15) is 0 Å². The van der Waals surface area contributed by atoms with Gasteiger partial charge < -0.3 is 10.1 Å². The summed E-state index contributed by atoms with van der Waals surface area (Å²) in [5.74, 6) is 0. The molecule has 0 saturated heterocycles. The molecule has 0 aliphatic carbocycles. The Labute approximate surface area is 82.3 Å². The lowest BCUT2D eigenvalue weighted by molar-refractivity contribution is 0.310. The summed E-state index contributed by atoms with van der Waals surface area (Å²) in [4.78, 5) is 0. The van der Waals surface area contributed by atoms with Gasteiger partial charge in [-0.15, -0.1) is 10.2 Å². The molecule has 1 heterocycles. The summed E-state index contributed by atoms with van der Waals surface area (Å²) in [6, 6.07) is 0. The summed E-state index contributed by atoms with van der Waals surface area (Å²) < 4.78 is 5.36. The summed E-state index contributed by atoms with van der Waals surface area (Å²) >= 11 is 1.48. The maximum atomic E-state index is 5.36. The number of hydrogen-bond acceptors (Lipinski definition) is 5. The number of rotatable bonds is 6. The van der Waals surface area contributed by atoms with Crippen molar-refractivity contribution < 1.29 is 4.74 Å². The normalized spacial score (nSPS) is 10.3. The SMILES string of the molecule is CCCNCCOc1nnc(C)s1. The highest BCUT2D eigenvalue weighted by Gasteiger charge is 1.99. The fraction of sp³-hybridized carbons (Fsp3) is 0.750. The predicted molar refractivity (Wildman–Crippen MR) is 53.3 cm³/mol. The van der Waals surface area contributed by atoms with Crippen LogP contribution < -0.4 is 10.1 Å². The van der Waals surface area contributed by atoms with E-state index in [1.165, 1.54) is 11.3 Å². The van der Waals surface area contributed by atoms with Crippen LogP contribution in [0.15, 0.2) is 0 Å². The molecule has 0 unspecified atom stereocenters. The summed E-state index contributed by atoms with van der Waals surface area (Å²) in [6.45, 7) is 6.63. The van der Waals surface area contributed by atoms with Gasteiger partial charge in [0.25, 0.3) is 5.19 Å². The van der Waals surface area contributed by atoms with Gasteiger partial charge in [-0.3, -0.25) is 0 Å². The van der Waals surface area contributed by atoms with Gasteiger partial charge in [-0.25, -0.2) is 0 Å². The molecule has 0 amide bonds. The van der Waals surface area contributed by atoms with E-state index in [-0.39, 0.29) is 0 Å². The lowest BCUT2D eigenvalue weighted by Crippen LogP contribution is -2.21. The Morgan fingerprint density at radius 1 is 1.38 bits per heavy atom. The highest BCUT2D eigenvalue weighted by Crippen LogP contribution is 2.15. The van der Waals surface area contributed by atoms with Crippen molar-refractivity contribution in [3.8, 4) is 5.19 Å². The average Bonchev–Trinajstić information content (AvgIpc) is 2.51. The molecule has 0 spiro atoms. The molecule has 1 aromatic rings. The van der Waals surface area contributed by atoms with Gasteiger partial charge in [-0.05, 0) is 19.9 Å². The fourth-order valence-electron chi connectivity index (χ4n) is 0.849. The van der Waals surface area contributed by atoms with Crippen molar-refractivity contribution in [2.75, 3.05) is 19.7 Å². The second-order valence-electron chi connectivity index (χ2n) is 2.69. The molecule has 1 N–H and O–H groups in total. The molecule has 74 valence electrons. The summed E-state index contributed by atoms with van der Waals surface area (Å²) in [7, 11) is 0. The molecule has 1 aromatic heterocycles. The number of hydrogen-bond donors (Lipinski definition) is 1. The summed E-state index contributed by atoms with van der Waals surface area (Å²) in [5.41, 5.74) is 0. The molecule has 4 nitrogen and oxygen atoms in total. The Kier molecular flexibility index (Phi) is 4.70. The third-order valence-corrected chi connectivity index (χ3v) is 2.19. The first-order valence-electron chi connectivity index (χ1n) is 4.46. The maximum absolute atomic E-state index is 5.36. The molecule has 0 aromatic carbocycles. The van der Waals surface area contributed by atoms with Crippen LogP contribution >= 0.6 is 11.3 Å². The third-order valence-electron chi connectivity index (χ3n) is 1.44. The van der Waals surface area contributed by atoms with Crippen LogP contribution in [0.3, 0.4) is 0 Å². The van der Waals surface area contributed by atoms with Gasteiger partial charge in [0, 0.05) is 6.54 Å².